The quantitative estimate of drug-likeness (QED) is 0.696. The van der Waals surface area contributed by atoms with E-state index in [0.717, 1.165) is 0 Å². The van der Waals surface area contributed by atoms with E-state index in [2.05, 4.69) is 5.32 Å². The Morgan fingerprint density at radius 2 is 1.67 bits per heavy atom. The Morgan fingerprint density at radius 3 is 2.38 bits per heavy atom. The fourth-order valence-electron chi connectivity index (χ4n) is 2.14. The zero-order valence-electron chi connectivity index (χ0n) is 12.6. The second kappa shape index (κ2) is 7.06. The van der Waals surface area contributed by atoms with Crippen LogP contribution in [-0.2, 0) is 0 Å². The lowest BCUT2D eigenvalue weighted by atomic mass is 10.2. The molecule has 3 aromatic rings. The molecule has 0 fully saturated rings. The van der Waals surface area contributed by atoms with E-state index >= 15 is 0 Å². The molecule has 3 rings (SSSR count). The summed E-state index contributed by atoms with van der Waals surface area (Å²) in [4.78, 5) is 12.2. The Balaban J connectivity index is 1.75. The van der Waals surface area contributed by atoms with Gasteiger partial charge in [0.05, 0.1) is 10.6 Å². The zero-order valence-corrected chi connectivity index (χ0v) is 13.3. The molecule has 0 radical (unpaired) electrons. The molecule has 2 N–H and O–H groups in total. The molecule has 0 saturated carbocycles. The molecular weight excluding hydrogens is 326 g/mol. The molecule has 0 atom stereocenters. The van der Waals surface area contributed by atoms with E-state index in [9.17, 15) is 9.90 Å². The molecule has 0 aromatic heterocycles. The fourth-order valence-corrected chi connectivity index (χ4v) is 2.36. The van der Waals surface area contributed by atoms with Crippen molar-refractivity contribution in [3.05, 3.63) is 83.4 Å². The minimum absolute atomic E-state index is 0.0786. The second-order valence-electron chi connectivity index (χ2n) is 5.03. The highest BCUT2D eigenvalue weighted by molar-refractivity contribution is 6.32. The highest BCUT2D eigenvalue weighted by Gasteiger charge is 2.12. The normalized spacial score (nSPS) is 10.2. The predicted molar refractivity (Wildman–Crippen MR) is 94.0 cm³/mol. The van der Waals surface area contributed by atoms with Crippen molar-refractivity contribution in [2.75, 3.05) is 5.32 Å². The smallest absolute Gasteiger partial charge is 0.259 e. The minimum atomic E-state index is -0.416. The highest BCUT2D eigenvalue weighted by atomic mass is 35.5. The summed E-state index contributed by atoms with van der Waals surface area (Å²) in [6.07, 6.45) is 0. The number of ether oxygens (including phenoxy) is 1. The van der Waals surface area contributed by atoms with Crippen LogP contribution in [0.15, 0.2) is 72.8 Å². The van der Waals surface area contributed by atoms with Gasteiger partial charge in [-0.15, -0.1) is 0 Å². The van der Waals surface area contributed by atoms with Gasteiger partial charge in [-0.3, -0.25) is 4.79 Å². The number of carbonyl (C=O) groups excluding carboxylic acids is 1. The van der Waals surface area contributed by atoms with Gasteiger partial charge in [0.25, 0.3) is 5.91 Å². The van der Waals surface area contributed by atoms with Gasteiger partial charge < -0.3 is 15.2 Å². The van der Waals surface area contributed by atoms with Crippen molar-refractivity contribution in [2.45, 2.75) is 0 Å². The molecule has 0 spiro atoms. The van der Waals surface area contributed by atoms with Crippen LogP contribution in [0.3, 0.4) is 0 Å². The molecule has 0 saturated heterocycles. The first-order chi connectivity index (χ1) is 11.6. The van der Waals surface area contributed by atoms with Crippen molar-refractivity contribution in [2.24, 2.45) is 0 Å². The molecule has 4 nitrogen and oxygen atoms in total. The number of phenolic OH excluding ortho intramolecular Hbond substituents is 1. The van der Waals surface area contributed by atoms with Gasteiger partial charge in [-0.25, -0.2) is 0 Å². The molecule has 3 aromatic carbocycles. The number of aromatic hydroxyl groups is 1. The van der Waals surface area contributed by atoms with E-state index in [1.165, 1.54) is 6.07 Å². The monoisotopic (exact) mass is 339 g/mol. The third-order valence-electron chi connectivity index (χ3n) is 3.31. The zero-order chi connectivity index (χ0) is 16.9. The van der Waals surface area contributed by atoms with Crippen molar-refractivity contribution >= 4 is 23.2 Å². The Kier molecular flexibility index (Phi) is 4.68. The molecule has 0 aliphatic carbocycles. The van der Waals surface area contributed by atoms with Crippen molar-refractivity contribution in [1.82, 2.24) is 0 Å². The van der Waals surface area contributed by atoms with E-state index in [1.807, 2.05) is 30.3 Å². The Morgan fingerprint density at radius 1 is 0.958 bits per heavy atom. The summed E-state index contributed by atoms with van der Waals surface area (Å²) in [6, 6.07) is 20.6. The van der Waals surface area contributed by atoms with Crippen molar-refractivity contribution in [3.8, 4) is 17.2 Å². The number of amides is 1. The van der Waals surface area contributed by atoms with Gasteiger partial charge in [0.1, 0.15) is 17.2 Å². The first-order valence-corrected chi connectivity index (χ1v) is 7.63. The largest absolute Gasteiger partial charge is 0.507 e. The average molecular weight is 340 g/mol. The SMILES string of the molecule is O=C(Nc1ccc(Oc2ccccc2)c(Cl)c1)c1ccccc1O. The van der Waals surface area contributed by atoms with Gasteiger partial charge in [0, 0.05) is 5.69 Å². The van der Waals surface area contributed by atoms with E-state index in [-0.39, 0.29) is 11.3 Å². The fraction of sp³-hybridized carbons (Fsp3) is 0. The lowest BCUT2D eigenvalue weighted by molar-refractivity contribution is 0.102. The molecule has 5 heteroatoms. The highest BCUT2D eigenvalue weighted by Crippen LogP contribution is 2.31. The topological polar surface area (TPSA) is 58.6 Å². The summed E-state index contributed by atoms with van der Waals surface area (Å²) in [5.74, 6) is 0.667. The molecular formula is C19H14ClNO3. The number of halogens is 1. The van der Waals surface area contributed by atoms with Gasteiger partial charge in [0.15, 0.2) is 0 Å². The summed E-state index contributed by atoms with van der Waals surface area (Å²) in [7, 11) is 0. The van der Waals surface area contributed by atoms with E-state index < -0.39 is 5.91 Å². The number of hydrogen-bond acceptors (Lipinski definition) is 3. The maximum Gasteiger partial charge on any atom is 0.259 e. The van der Waals surface area contributed by atoms with Crippen LogP contribution >= 0.6 is 11.6 Å². The van der Waals surface area contributed by atoms with Gasteiger partial charge in [-0.2, -0.15) is 0 Å². The summed E-state index contributed by atoms with van der Waals surface area (Å²) >= 11 is 6.21. The maximum atomic E-state index is 12.2. The summed E-state index contributed by atoms with van der Waals surface area (Å²) in [6.45, 7) is 0. The Labute approximate surface area is 144 Å². The first-order valence-electron chi connectivity index (χ1n) is 7.25. The van der Waals surface area contributed by atoms with Crippen molar-refractivity contribution in [1.29, 1.82) is 0 Å². The number of para-hydroxylation sites is 2. The summed E-state index contributed by atoms with van der Waals surface area (Å²) in [5, 5.41) is 12.8. The number of rotatable bonds is 4. The molecule has 0 bridgehead atoms. The number of benzene rings is 3. The lowest BCUT2D eigenvalue weighted by Crippen LogP contribution is -2.11. The van der Waals surface area contributed by atoms with Crippen LogP contribution in [0.25, 0.3) is 0 Å². The van der Waals surface area contributed by atoms with Crippen LogP contribution in [-0.4, -0.2) is 11.0 Å². The number of nitrogens with one attached hydrogen (secondary N) is 1. The predicted octanol–water partition coefficient (Wildman–Crippen LogP) is 5.09. The van der Waals surface area contributed by atoms with Gasteiger partial charge in [-0.1, -0.05) is 41.9 Å². The van der Waals surface area contributed by atoms with Crippen LogP contribution in [0, 0.1) is 0 Å². The number of hydrogen-bond donors (Lipinski definition) is 2. The summed E-state index contributed by atoms with van der Waals surface area (Å²) < 4.78 is 5.69. The number of anilines is 1. The molecule has 120 valence electrons. The maximum absolute atomic E-state index is 12.2. The molecule has 1 amide bonds. The van der Waals surface area contributed by atoms with E-state index in [1.54, 1.807) is 36.4 Å². The van der Waals surface area contributed by atoms with Crippen molar-refractivity contribution < 1.29 is 14.6 Å². The van der Waals surface area contributed by atoms with Crippen LogP contribution in [0.5, 0.6) is 17.2 Å². The Hall–Kier alpha value is -2.98. The lowest BCUT2D eigenvalue weighted by Gasteiger charge is -2.10. The second-order valence-corrected chi connectivity index (χ2v) is 5.44. The summed E-state index contributed by atoms with van der Waals surface area (Å²) in [5.41, 5.74) is 0.701. The third kappa shape index (κ3) is 3.67. The Bertz CT molecular complexity index is 865. The van der Waals surface area contributed by atoms with Gasteiger partial charge in [-0.05, 0) is 42.5 Å². The van der Waals surface area contributed by atoms with Crippen molar-refractivity contribution in [3.63, 3.8) is 0 Å². The molecule has 0 heterocycles. The van der Waals surface area contributed by atoms with Gasteiger partial charge in [0.2, 0.25) is 0 Å². The van der Waals surface area contributed by atoms with Crippen LogP contribution < -0.4 is 10.1 Å². The van der Waals surface area contributed by atoms with Crippen LogP contribution in [0.2, 0.25) is 5.02 Å². The molecule has 0 unspecified atom stereocenters. The van der Waals surface area contributed by atoms with Crippen LogP contribution in [0.4, 0.5) is 5.69 Å². The molecule has 0 aliphatic heterocycles. The third-order valence-corrected chi connectivity index (χ3v) is 3.60. The first kappa shape index (κ1) is 15.9. The van der Waals surface area contributed by atoms with E-state index in [4.69, 9.17) is 16.3 Å². The number of phenols is 1. The standard InChI is InChI=1S/C19H14ClNO3/c20-16-12-13(21-19(23)15-8-4-5-9-17(15)22)10-11-18(16)24-14-6-2-1-3-7-14/h1-12,22H,(H,21,23). The van der Waals surface area contributed by atoms with Gasteiger partial charge >= 0.3 is 0 Å². The van der Waals surface area contributed by atoms with Crippen LogP contribution in [0.1, 0.15) is 10.4 Å². The number of carbonyl (C=O) groups is 1. The average Bonchev–Trinajstić information content (AvgIpc) is 2.58. The van der Waals surface area contributed by atoms with E-state index in [0.29, 0.717) is 22.2 Å². The molecule has 0 aliphatic rings. The molecule has 24 heavy (non-hydrogen) atoms. The minimum Gasteiger partial charge on any atom is -0.507 e.